The van der Waals surface area contributed by atoms with Crippen LogP contribution < -0.4 is 0 Å². The standard InChI is InChI=1S/C18H14O2S/c19-15-8-6-14(7-9-15)17-10-11-18(21-17)16(20)12-13-4-2-1-3-5-13/h1-11,19H,12H2. The average Bonchev–Trinajstić information content (AvgIpc) is 2.99. The van der Waals surface area contributed by atoms with E-state index in [1.807, 2.05) is 54.6 Å². The number of ketones is 1. The van der Waals surface area contributed by atoms with Crippen LogP contribution in [0.1, 0.15) is 15.2 Å². The Morgan fingerprint density at radius 1 is 0.905 bits per heavy atom. The smallest absolute Gasteiger partial charge is 0.177 e. The van der Waals surface area contributed by atoms with Gasteiger partial charge in [-0.05, 0) is 47.5 Å². The predicted molar refractivity (Wildman–Crippen MR) is 85.9 cm³/mol. The van der Waals surface area contributed by atoms with Crippen molar-refractivity contribution in [2.24, 2.45) is 0 Å². The number of carbonyl (C=O) groups excluding carboxylic acids is 1. The third-order valence-electron chi connectivity index (χ3n) is 3.24. The lowest BCUT2D eigenvalue weighted by Crippen LogP contribution is -2.00. The zero-order chi connectivity index (χ0) is 14.7. The first-order valence-corrected chi connectivity index (χ1v) is 7.50. The molecule has 0 aliphatic carbocycles. The second-order valence-electron chi connectivity index (χ2n) is 4.80. The SMILES string of the molecule is O=C(Cc1ccccc1)c1ccc(-c2ccc(O)cc2)s1. The number of hydrogen-bond acceptors (Lipinski definition) is 3. The summed E-state index contributed by atoms with van der Waals surface area (Å²) in [5, 5.41) is 9.31. The molecule has 1 heterocycles. The van der Waals surface area contributed by atoms with Gasteiger partial charge in [0.1, 0.15) is 5.75 Å². The van der Waals surface area contributed by atoms with E-state index in [1.54, 1.807) is 12.1 Å². The van der Waals surface area contributed by atoms with Crippen LogP contribution in [0.15, 0.2) is 66.7 Å². The maximum absolute atomic E-state index is 12.3. The van der Waals surface area contributed by atoms with E-state index in [0.717, 1.165) is 20.9 Å². The number of aromatic hydroxyl groups is 1. The lowest BCUT2D eigenvalue weighted by atomic mass is 10.1. The van der Waals surface area contributed by atoms with Crippen molar-refractivity contribution >= 4 is 17.1 Å². The molecule has 0 fully saturated rings. The Morgan fingerprint density at radius 2 is 1.62 bits per heavy atom. The fourth-order valence-electron chi connectivity index (χ4n) is 2.14. The van der Waals surface area contributed by atoms with Crippen LogP contribution in [0.2, 0.25) is 0 Å². The highest BCUT2D eigenvalue weighted by Crippen LogP contribution is 2.29. The van der Waals surface area contributed by atoms with Crippen LogP contribution in [0.5, 0.6) is 5.75 Å². The normalized spacial score (nSPS) is 10.5. The molecule has 0 bridgehead atoms. The van der Waals surface area contributed by atoms with Crippen molar-refractivity contribution in [1.29, 1.82) is 0 Å². The number of benzene rings is 2. The van der Waals surface area contributed by atoms with Crippen LogP contribution in [0, 0.1) is 0 Å². The number of rotatable bonds is 4. The molecule has 0 spiro atoms. The molecule has 3 rings (SSSR count). The molecule has 1 aromatic heterocycles. The Balaban J connectivity index is 1.78. The van der Waals surface area contributed by atoms with Gasteiger partial charge in [-0.1, -0.05) is 30.3 Å². The third kappa shape index (κ3) is 3.20. The zero-order valence-electron chi connectivity index (χ0n) is 11.3. The minimum atomic E-state index is 0.135. The van der Waals surface area contributed by atoms with Crippen molar-refractivity contribution in [3.8, 4) is 16.2 Å². The second kappa shape index (κ2) is 5.94. The van der Waals surface area contributed by atoms with E-state index in [2.05, 4.69) is 0 Å². The van der Waals surface area contributed by atoms with E-state index in [4.69, 9.17) is 0 Å². The van der Waals surface area contributed by atoms with Gasteiger partial charge in [-0.3, -0.25) is 4.79 Å². The summed E-state index contributed by atoms with van der Waals surface area (Å²) in [6.45, 7) is 0. The highest BCUT2D eigenvalue weighted by atomic mass is 32.1. The number of thiophene rings is 1. The molecule has 0 aliphatic rings. The fourth-order valence-corrected chi connectivity index (χ4v) is 3.09. The average molecular weight is 294 g/mol. The maximum atomic E-state index is 12.3. The molecule has 0 unspecified atom stereocenters. The number of phenols is 1. The third-order valence-corrected chi connectivity index (χ3v) is 4.42. The summed E-state index contributed by atoms with van der Waals surface area (Å²) in [5.41, 5.74) is 2.04. The van der Waals surface area contributed by atoms with Gasteiger partial charge in [0.2, 0.25) is 0 Å². The maximum Gasteiger partial charge on any atom is 0.177 e. The van der Waals surface area contributed by atoms with Gasteiger partial charge in [0.25, 0.3) is 0 Å². The summed E-state index contributed by atoms with van der Waals surface area (Å²) in [7, 11) is 0. The molecule has 0 atom stereocenters. The molecule has 104 valence electrons. The van der Waals surface area contributed by atoms with E-state index >= 15 is 0 Å². The lowest BCUT2D eigenvalue weighted by molar-refractivity contribution is 0.0997. The monoisotopic (exact) mass is 294 g/mol. The molecule has 3 aromatic rings. The first-order valence-electron chi connectivity index (χ1n) is 6.69. The van der Waals surface area contributed by atoms with Crippen molar-refractivity contribution in [3.63, 3.8) is 0 Å². The van der Waals surface area contributed by atoms with Crippen molar-refractivity contribution in [2.75, 3.05) is 0 Å². The molecule has 21 heavy (non-hydrogen) atoms. The minimum absolute atomic E-state index is 0.135. The van der Waals surface area contributed by atoms with E-state index < -0.39 is 0 Å². The number of Topliss-reactive ketones (excluding diaryl/α,β-unsaturated/α-hetero) is 1. The molecule has 0 radical (unpaired) electrons. The topological polar surface area (TPSA) is 37.3 Å². The minimum Gasteiger partial charge on any atom is -0.508 e. The van der Waals surface area contributed by atoms with E-state index in [1.165, 1.54) is 11.3 Å². The van der Waals surface area contributed by atoms with Crippen molar-refractivity contribution in [1.82, 2.24) is 0 Å². The first kappa shape index (κ1) is 13.6. The summed E-state index contributed by atoms with van der Waals surface area (Å²) in [5.74, 6) is 0.381. The molecular weight excluding hydrogens is 280 g/mol. The summed E-state index contributed by atoms with van der Waals surface area (Å²) >= 11 is 1.49. The van der Waals surface area contributed by atoms with Crippen molar-refractivity contribution in [2.45, 2.75) is 6.42 Å². The molecule has 3 heteroatoms. The highest BCUT2D eigenvalue weighted by molar-refractivity contribution is 7.17. The van der Waals surface area contributed by atoms with Gasteiger partial charge < -0.3 is 5.11 Å². The summed E-state index contributed by atoms with van der Waals surface area (Å²) in [6.07, 6.45) is 0.427. The molecule has 2 nitrogen and oxygen atoms in total. The van der Waals surface area contributed by atoms with Gasteiger partial charge >= 0.3 is 0 Å². The summed E-state index contributed by atoms with van der Waals surface area (Å²) < 4.78 is 0. The van der Waals surface area contributed by atoms with Gasteiger partial charge in [0, 0.05) is 11.3 Å². The molecule has 2 aromatic carbocycles. The molecule has 0 saturated carbocycles. The van der Waals surface area contributed by atoms with Gasteiger partial charge in [-0.25, -0.2) is 0 Å². The second-order valence-corrected chi connectivity index (χ2v) is 5.88. The van der Waals surface area contributed by atoms with Gasteiger partial charge in [0.15, 0.2) is 5.78 Å². The van der Waals surface area contributed by atoms with Crippen LogP contribution in [0.3, 0.4) is 0 Å². The van der Waals surface area contributed by atoms with E-state index in [9.17, 15) is 9.90 Å². The van der Waals surface area contributed by atoms with Gasteiger partial charge in [0.05, 0.1) is 4.88 Å². The lowest BCUT2D eigenvalue weighted by Gasteiger charge is -1.99. The van der Waals surface area contributed by atoms with Crippen molar-refractivity contribution in [3.05, 3.63) is 77.2 Å². The van der Waals surface area contributed by atoms with Crippen LogP contribution >= 0.6 is 11.3 Å². The molecule has 0 aliphatic heterocycles. The summed E-state index contributed by atoms with van der Waals surface area (Å²) in [6, 6.07) is 20.6. The Hall–Kier alpha value is -2.39. The van der Waals surface area contributed by atoms with Gasteiger partial charge in [-0.15, -0.1) is 11.3 Å². The Bertz CT molecular complexity index is 742. The van der Waals surface area contributed by atoms with Gasteiger partial charge in [-0.2, -0.15) is 0 Å². The quantitative estimate of drug-likeness (QED) is 0.717. The first-order chi connectivity index (χ1) is 10.2. The fraction of sp³-hybridized carbons (Fsp3) is 0.0556. The van der Waals surface area contributed by atoms with E-state index in [-0.39, 0.29) is 11.5 Å². The van der Waals surface area contributed by atoms with Crippen molar-refractivity contribution < 1.29 is 9.90 Å². The van der Waals surface area contributed by atoms with Crippen LogP contribution in [0.4, 0.5) is 0 Å². The van der Waals surface area contributed by atoms with Crippen LogP contribution in [-0.4, -0.2) is 10.9 Å². The highest BCUT2D eigenvalue weighted by Gasteiger charge is 2.11. The number of phenolic OH excluding ortho intramolecular Hbond substituents is 1. The van der Waals surface area contributed by atoms with E-state index in [0.29, 0.717) is 6.42 Å². The predicted octanol–water partition coefficient (Wildman–Crippen LogP) is 4.55. The Labute approximate surface area is 127 Å². The number of hydrogen-bond donors (Lipinski definition) is 1. The zero-order valence-corrected chi connectivity index (χ0v) is 12.1. The molecule has 1 N–H and O–H groups in total. The summed E-state index contributed by atoms with van der Waals surface area (Å²) in [4.78, 5) is 14.1. The Kier molecular flexibility index (Phi) is 3.84. The largest absolute Gasteiger partial charge is 0.508 e. The number of carbonyl (C=O) groups is 1. The molecule has 0 amide bonds. The molecular formula is C18H14O2S. The van der Waals surface area contributed by atoms with Crippen LogP contribution in [-0.2, 0) is 6.42 Å². The van der Waals surface area contributed by atoms with Crippen LogP contribution in [0.25, 0.3) is 10.4 Å². The molecule has 0 saturated heterocycles. The Morgan fingerprint density at radius 3 is 2.33 bits per heavy atom.